The number of benzene rings is 1. The van der Waals surface area contributed by atoms with E-state index in [1.54, 1.807) is 0 Å². The van der Waals surface area contributed by atoms with Gasteiger partial charge < -0.3 is 10.5 Å². The number of morpholine rings is 1. The largest absolute Gasteiger partial charge is 0.399 e. The van der Waals surface area contributed by atoms with Crippen LogP contribution in [-0.4, -0.2) is 62.9 Å². The van der Waals surface area contributed by atoms with Gasteiger partial charge in [0.2, 0.25) is 0 Å². The Morgan fingerprint density at radius 3 is 2.62 bits per heavy atom. The average Bonchev–Trinajstić information content (AvgIpc) is 2.65. The molecule has 21 heavy (non-hydrogen) atoms. The third-order valence-electron chi connectivity index (χ3n) is 3.75. The minimum atomic E-state index is -3.74. The van der Waals surface area contributed by atoms with Crippen molar-refractivity contribution < 1.29 is 17.9 Å². The molecule has 3 rings (SSSR count). The van der Waals surface area contributed by atoms with Crippen LogP contribution in [-0.2, 0) is 14.8 Å². The lowest BCUT2D eigenvalue weighted by Crippen LogP contribution is -2.42. The van der Waals surface area contributed by atoms with Crippen molar-refractivity contribution in [2.75, 3.05) is 45.1 Å². The van der Waals surface area contributed by atoms with Crippen LogP contribution in [0.25, 0.3) is 0 Å². The molecule has 0 atom stereocenters. The van der Waals surface area contributed by atoms with Crippen molar-refractivity contribution in [3.63, 3.8) is 0 Å². The van der Waals surface area contributed by atoms with Gasteiger partial charge in [0.15, 0.2) is 0 Å². The molecule has 1 amide bonds. The minimum Gasteiger partial charge on any atom is -0.399 e. The van der Waals surface area contributed by atoms with Crippen LogP contribution in [0.3, 0.4) is 0 Å². The molecule has 114 valence electrons. The predicted octanol–water partition coefficient (Wildman–Crippen LogP) is -0.254. The topological polar surface area (TPSA) is 92.9 Å². The molecular weight excluding hydrogens is 294 g/mol. The normalized spacial score (nSPS) is 21.5. The number of anilines is 1. The maximum Gasteiger partial charge on any atom is 0.269 e. The first-order chi connectivity index (χ1) is 10.00. The minimum absolute atomic E-state index is 0.0451. The lowest BCUT2D eigenvalue weighted by atomic mass is 10.2. The van der Waals surface area contributed by atoms with E-state index in [0.717, 1.165) is 17.4 Å². The van der Waals surface area contributed by atoms with Crippen molar-refractivity contribution in [2.24, 2.45) is 0 Å². The zero-order valence-electron chi connectivity index (χ0n) is 11.5. The van der Waals surface area contributed by atoms with E-state index >= 15 is 0 Å². The number of carbonyl (C=O) groups is 1. The van der Waals surface area contributed by atoms with Crippen LogP contribution in [0, 0.1) is 0 Å². The van der Waals surface area contributed by atoms with Gasteiger partial charge in [0, 0.05) is 25.3 Å². The molecule has 0 bridgehead atoms. The zero-order valence-corrected chi connectivity index (χ0v) is 12.3. The highest BCUT2D eigenvalue weighted by Gasteiger charge is 2.41. The van der Waals surface area contributed by atoms with Gasteiger partial charge in [0.05, 0.1) is 25.3 Å². The second-order valence-electron chi connectivity index (χ2n) is 5.09. The standard InChI is InChI=1S/C13H17N3O4S/c14-10-1-2-12-11(9-10)13(17)16(21(12,18)19)4-3-15-5-7-20-8-6-15/h1-2,9H,3-8,14H2. The fourth-order valence-electron chi connectivity index (χ4n) is 2.58. The number of ether oxygens (including phenoxy) is 1. The van der Waals surface area contributed by atoms with E-state index < -0.39 is 15.9 Å². The summed E-state index contributed by atoms with van der Waals surface area (Å²) in [5.74, 6) is -0.495. The Labute approximate surface area is 123 Å². The van der Waals surface area contributed by atoms with Gasteiger partial charge in [0.25, 0.3) is 15.9 Å². The number of fused-ring (bicyclic) bond motifs is 1. The molecule has 1 aromatic carbocycles. The number of nitrogens with two attached hydrogens (primary N) is 1. The molecule has 0 unspecified atom stereocenters. The van der Waals surface area contributed by atoms with Crippen molar-refractivity contribution in [3.05, 3.63) is 23.8 Å². The molecule has 0 radical (unpaired) electrons. The summed E-state index contributed by atoms with van der Waals surface area (Å²) in [5, 5.41) is 0. The highest BCUT2D eigenvalue weighted by molar-refractivity contribution is 7.90. The molecule has 2 aliphatic heterocycles. The Balaban J connectivity index is 1.79. The van der Waals surface area contributed by atoms with Crippen molar-refractivity contribution in [3.8, 4) is 0 Å². The van der Waals surface area contributed by atoms with Gasteiger partial charge >= 0.3 is 0 Å². The molecule has 7 nitrogen and oxygen atoms in total. The van der Waals surface area contributed by atoms with Gasteiger partial charge in [-0.25, -0.2) is 12.7 Å². The highest BCUT2D eigenvalue weighted by Crippen LogP contribution is 2.31. The van der Waals surface area contributed by atoms with E-state index in [1.807, 2.05) is 0 Å². The Bertz CT molecular complexity index is 668. The van der Waals surface area contributed by atoms with Crippen molar-refractivity contribution in [2.45, 2.75) is 4.90 Å². The van der Waals surface area contributed by atoms with Gasteiger partial charge in [-0.15, -0.1) is 0 Å². The number of rotatable bonds is 3. The molecule has 0 aliphatic carbocycles. The third kappa shape index (κ3) is 2.50. The quantitative estimate of drug-likeness (QED) is 0.774. The lowest BCUT2D eigenvalue weighted by molar-refractivity contribution is 0.0360. The summed E-state index contributed by atoms with van der Waals surface area (Å²) in [7, 11) is -3.74. The molecule has 1 aromatic rings. The summed E-state index contributed by atoms with van der Waals surface area (Å²) < 4.78 is 31.0. The van der Waals surface area contributed by atoms with Crippen LogP contribution < -0.4 is 5.73 Å². The fraction of sp³-hybridized carbons (Fsp3) is 0.462. The first-order valence-corrected chi connectivity index (χ1v) is 8.21. The summed E-state index contributed by atoms with van der Waals surface area (Å²) >= 11 is 0. The van der Waals surface area contributed by atoms with Gasteiger partial charge in [-0.1, -0.05) is 0 Å². The lowest BCUT2D eigenvalue weighted by Gasteiger charge is -2.28. The molecule has 1 fully saturated rings. The molecule has 1 saturated heterocycles. The van der Waals surface area contributed by atoms with Crippen molar-refractivity contribution >= 4 is 21.6 Å². The van der Waals surface area contributed by atoms with Crippen LogP contribution in [0.15, 0.2) is 23.1 Å². The van der Waals surface area contributed by atoms with Gasteiger partial charge in [-0.05, 0) is 18.2 Å². The molecule has 2 heterocycles. The molecule has 0 aromatic heterocycles. The van der Waals surface area contributed by atoms with Crippen LogP contribution in [0.5, 0.6) is 0 Å². The summed E-state index contributed by atoms with van der Waals surface area (Å²) in [6.45, 7) is 3.44. The smallest absolute Gasteiger partial charge is 0.269 e. The van der Waals surface area contributed by atoms with E-state index in [2.05, 4.69) is 4.90 Å². The van der Waals surface area contributed by atoms with E-state index in [1.165, 1.54) is 18.2 Å². The van der Waals surface area contributed by atoms with Crippen molar-refractivity contribution in [1.82, 2.24) is 9.21 Å². The third-order valence-corrected chi connectivity index (χ3v) is 5.59. The first kappa shape index (κ1) is 14.3. The number of amides is 1. The number of sulfonamides is 1. The second kappa shape index (κ2) is 5.28. The van der Waals surface area contributed by atoms with E-state index in [9.17, 15) is 13.2 Å². The summed E-state index contributed by atoms with van der Waals surface area (Å²) in [5.41, 5.74) is 6.18. The monoisotopic (exact) mass is 311 g/mol. The predicted molar refractivity (Wildman–Crippen MR) is 76.3 cm³/mol. The maximum atomic E-state index is 12.4. The summed E-state index contributed by atoms with van der Waals surface area (Å²) in [4.78, 5) is 14.4. The summed E-state index contributed by atoms with van der Waals surface area (Å²) in [6.07, 6.45) is 0. The number of hydrogen-bond acceptors (Lipinski definition) is 6. The molecule has 2 N–H and O–H groups in total. The molecule has 8 heteroatoms. The molecule has 2 aliphatic rings. The number of carbonyl (C=O) groups excluding carboxylic acids is 1. The molecular formula is C13H17N3O4S. The first-order valence-electron chi connectivity index (χ1n) is 6.77. The number of hydrogen-bond donors (Lipinski definition) is 1. The Kier molecular flexibility index (Phi) is 3.60. The highest BCUT2D eigenvalue weighted by atomic mass is 32.2. The van der Waals surface area contributed by atoms with E-state index in [0.29, 0.717) is 25.4 Å². The van der Waals surface area contributed by atoms with Gasteiger partial charge in [-0.3, -0.25) is 9.69 Å². The average molecular weight is 311 g/mol. The summed E-state index contributed by atoms with van der Waals surface area (Å²) in [6, 6.07) is 4.31. The fourth-order valence-corrected chi connectivity index (χ4v) is 4.12. The van der Waals surface area contributed by atoms with E-state index in [-0.39, 0.29) is 17.0 Å². The Hall–Kier alpha value is -1.64. The van der Waals surface area contributed by atoms with Gasteiger partial charge in [-0.2, -0.15) is 0 Å². The number of nitrogen functional groups attached to an aromatic ring is 1. The maximum absolute atomic E-state index is 12.4. The molecule has 0 saturated carbocycles. The van der Waals surface area contributed by atoms with Crippen molar-refractivity contribution in [1.29, 1.82) is 0 Å². The molecule has 0 spiro atoms. The Morgan fingerprint density at radius 2 is 1.90 bits per heavy atom. The van der Waals surface area contributed by atoms with Crippen LogP contribution >= 0.6 is 0 Å². The second-order valence-corrected chi connectivity index (χ2v) is 6.92. The zero-order chi connectivity index (χ0) is 15.0. The number of nitrogens with zero attached hydrogens (tertiary/aromatic N) is 2. The van der Waals surface area contributed by atoms with Crippen LogP contribution in [0.2, 0.25) is 0 Å². The van der Waals surface area contributed by atoms with Crippen LogP contribution in [0.1, 0.15) is 10.4 Å². The van der Waals surface area contributed by atoms with E-state index in [4.69, 9.17) is 10.5 Å². The van der Waals surface area contributed by atoms with Gasteiger partial charge in [0.1, 0.15) is 4.90 Å². The van der Waals surface area contributed by atoms with Crippen LogP contribution in [0.4, 0.5) is 5.69 Å². The Morgan fingerprint density at radius 1 is 1.19 bits per heavy atom. The SMILES string of the molecule is Nc1ccc2c(c1)C(=O)N(CCN1CCOCC1)S2(=O)=O.